The number of anilines is 2. The van der Waals surface area contributed by atoms with Gasteiger partial charge in [0.05, 0.1) is 0 Å². The zero-order chi connectivity index (χ0) is 19.1. The zero-order valence-corrected chi connectivity index (χ0v) is 13.8. The van der Waals surface area contributed by atoms with Gasteiger partial charge in [-0.1, -0.05) is 36.4 Å². The molecule has 8 heteroatoms. The van der Waals surface area contributed by atoms with Gasteiger partial charge in [0.25, 0.3) is 0 Å². The molecule has 2 rings (SSSR count). The molecule has 2 unspecified atom stereocenters. The van der Waals surface area contributed by atoms with Crippen molar-refractivity contribution < 1.29 is 30.0 Å². The van der Waals surface area contributed by atoms with Crippen LogP contribution in [0.2, 0.25) is 0 Å². The lowest BCUT2D eigenvalue weighted by Gasteiger charge is -2.33. The smallest absolute Gasteiger partial charge is 0.354 e. The summed E-state index contributed by atoms with van der Waals surface area (Å²) in [4.78, 5) is 24.9. The Bertz CT molecular complexity index is 661. The van der Waals surface area contributed by atoms with Crippen molar-refractivity contribution in [2.24, 2.45) is 0 Å². The van der Waals surface area contributed by atoms with E-state index >= 15 is 0 Å². The van der Waals surface area contributed by atoms with Crippen molar-refractivity contribution in [3.8, 4) is 0 Å². The molecular formula is C18H20N2O6. The summed E-state index contributed by atoms with van der Waals surface area (Å²) in [7, 11) is 0. The second kappa shape index (κ2) is 8.84. The molecule has 0 aromatic heterocycles. The van der Waals surface area contributed by atoms with Gasteiger partial charge in [-0.2, -0.15) is 0 Å². The molecule has 138 valence electrons. The standard InChI is InChI=1S/C18H20N2O6/c21-15(17(23)24)19(13-7-3-1-4-8-13)11-12-20(16(22)18(25)26)14-9-5-2-6-10-14/h1-10,15-16,21-22H,11-12H2,(H,23,24)(H,25,26). The lowest BCUT2D eigenvalue weighted by molar-refractivity contribution is -0.147. The lowest BCUT2D eigenvalue weighted by Crippen LogP contribution is -2.49. The molecule has 4 N–H and O–H groups in total. The van der Waals surface area contributed by atoms with Crippen LogP contribution in [0.15, 0.2) is 60.7 Å². The number of benzene rings is 2. The minimum Gasteiger partial charge on any atom is -0.478 e. The number of carboxylic acids is 2. The van der Waals surface area contributed by atoms with E-state index in [0.717, 1.165) is 0 Å². The van der Waals surface area contributed by atoms with Crippen LogP contribution in [0.25, 0.3) is 0 Å². The Morgan fingerprint density at radius 3 is 1.27 bits per heavy atom. The molecular weight excluding hydrogens is 340 g/mol. The Morgan fingerprint density at radius 1 is 0.692 bits per heavy atom. The Kier molecular flexibility index (Phi) is 6.54. The quantitative estimate of drug-likeness (QED) is 0.485. The Morgan fingerprint density at radius 2 is 1.00 bits per heavy atom. The van der Waals surface area contributed by atoms with E-state index in [0.29, 0.717) is 11.4 Å². The summed E-state index contributed by atoms with van der Waals surface area (Å²) in [5, 5.41) is 38.3. The van der Waals surface area contributed by atoms with Crippen LogP contribution < -0.4 is 9.80 Å². The van der Waals surface area contributed by atoms with Crippen LogP contribution in [0.5, 0.6) is 0 Å². The fraction of sp³-hybridized carbons (Fsp3) is 0.222. The predicted octanol–water partition coefficient (Wildman–Crippen LogP) is 0.806. The van der Waals surface area contributed by atoms with Gasteiger partial charge in [-0.05, 0) is 24.3 Å². The first kappa shape index (κ1) is 19.2. The molecule has 0 fully saturated rings. The third-order valence-corrected chi connectivity index (χ3v) is 3.79. The number of hydrogen-bond donors (Lipinski definition) is 4. The molecule has 0 aliphatic carbocycles. The number of rotatable bonds is 9. The maximum Gasteiger partial charge on any atom is 0.354 e. The maximum atomic E-state index is 11.2. The topological polar surface area (TPSA) is 122 Å². The van der Waals surface area contributed by atoms with Gasteiger partial charge in [-0.15, -0.1) is 0 Å². The molecule has 0 heterocycles. The zero-order valence-electron chi connectivity index (χ0n) is 13.8. The fourth-order valence-electron chi connectivity index (χ4n) is 2.51. The Hall–Kier alpha value is -3.10. The molecule has 0 saturated heterocycles. The van der Waals surface area contributed by atoms with Crippen LogP contribution in [0.1, 0.15) is 0 Å². The fourth-order valence-corrected chi connectivity index (χ4v) is 2.51. The highest BCUT2D eigenvalue weighted by Crippen LogP contribution is 2.19. The summed E-state index contributed by atoms with van der Waals surface area (Å²) in [5.41, 5.74) is 0.917. The molecule has 0 spiro atoms. The van der Waals surface area contributed by atoms with Gasteiger partial charge in [0, 0.05) is 24.5 Å². The van der Waals surface area contributed by atoms with Crippen LogP contribution in [0.3, 0.4) is 0 Å². The third kappa shape index (κ3) is 4.71. The largest absolute Gasteiger partial charge is 0.478 e. The number of para-hydroxylation sites is 2. The van der Waals surface area contributed by atoms with E-state index in [2.05, 4.69) is 0 Å². The van der Waals surface area contributed by atoms with Crippen molar-refractivity contribution >= 4 is 23.3 Å². The van der Waals surface area contributed by atoms with E-state index in [1.54, 1.807) is 60.7 Å². The normalized spacial score (nSPS) is 12.8. The molecule has 0 saturated carbocycles. The molecule has 0 amide bonds. The van der Waals surface area contributed by atoms with Crippen molar-refractivity contribution in [1.82, 2.24) is 0 Å². The molecule has 0 radical (unpaired) electrons. The average molecular weight is 360 g/mol. The summed E-state index contributed by atoms with van der Waals surface area (Å²) in [6.45, 7) is -0.0621. The summed E-state index contributed by atoms with van der Waals surface area (Å²) >= 11 is 0. The van der Waals surface area contributed by atoms with Crippen LogP contribution >= 0.6 is 0 Å². The molecule has 0 aliphatic heterocycles. The first-order valence-corrected chi connectivity index (χ1v) is 7.87. The highest BCUT2D eigenvalue weighted by Gasteiger charge is 2.27. The van der Waals surface area contributed by atoms with E-state index in [1.165, 1.54) is 9.80 Å². The number of aliphatic hydroxyl groups excluding tert-OH is 2. The Balaban J connectivity index is 2.25. The molecule has 2 aromatic carbocycles. The predicted molar refractivity (Wildman–Crippen MR) is 94.9 cm³/mol. The second-order valence-electron chi connectivity index (χ2n) is 5.48. The number of nitrogens with zero attached hydrogens (tertiary/aromatic N) is 2. The summed E-state index contributed by atoms with van der Waals surface area (Å²) in [6.07, 6.45) is -3.62. The number of carbonyl (C=O) groups is 2. The van der Waals surface area contributed by atoms with E-state index in [1.807, 2.05) is 0 Å². The van der Waals surface area contributed by atoms with Crippen LogP contribution in [0, 0.1) is 0 Å². The van der Waals surface area contributed by atoms with E-state index in [4.69, 9.17) is 10.2 Å². The van der Waals surface area contributed by atoms with Gasteiger partial charge < -0.3 is 30.2 Å². The van der Waals surface area contributed by atoms with Gasteiger partial charge in [0.2, 0.25) is 12.5 Å². The highest BCUT2D eigenvalue weighted by molar-refractivity contribution is 5.77. The second-order valence-corrected chi connectivity index (χ2v) is 5.48. The van der Waals surface area contributed by atoms with Gasteiger partial charge in [-0.25, -0.2) is 9.59 Å². The number of aliphatic carboxylic acids is 2. The van der Waals surface area contributed by atoms with Crippen LogP contribution in [-0.2, 0) is 9.59 Å². The number of carboxylic acid groups (broad SMARTS) is 2. The van der Waals surface area contributed by atoms with E-state index < -0.39 is 24.4 Å². The SMILES string of the molecule is O=C(O)C(O)N(CCN(c1ccccc1)C(O)C(=O)O)c1ccccc1. The number of aliphatic hydroxyl groups is 2. The summed E-state index contributed by atoms with van der Waals surface area (Å²) in [6, 6.07) is 16.8. The minimum absolute atomic E-state index is 0.0310. The lowest BCUT2D eigenvalue weighted by atomic mass is 10.2. The van der Waals surface area contributed by atoms with Gasteiger partial charge >= 0.3 is 11.9 Å². The van der Waals surface area contributed by atoms with Crippen molar-refractivity contribution in [1.29, 1.82) is 0 Å². The molecule has 26 heavy (non-hydrogen) atoms. The molecule has 8 nitrogen and oxygen atoms in total. The van der Waals surface area contributed by atoms with Gasteiger partial charge in [0.15, 0.2) is 0 Å². The first-order chi connectivity index (χ1) is 12.4. The van der Waals surface area contributed by atoms with Crippen molar-refractivity contribution in [2.75, 3.05) is 22.9 Å². The first-order valence-electron chi connectivity index (χ1n) is 7.87. The van der Waals surface area contributed by atoms with Crippen molar-refractivity contribution in [3.05, 3.63) is 60.7 Å². The molecule has 2 aromatic rings. The van der Waals surface area contributed by atoms with Gasteiger partial charge in [-0.3, -0.25) is 0 Å². The van der Waals surface area contributed by atoms with E-state index in [-0.39, 0.29) is 13.1 Å². The maximum absolute atomic E-state index is 11.2. The minimum atomic E-state index is -1.81. The third-order valence-electron chi connectivity index (χ3n) is 3.79. The van der Waals surface area contributed by atoms with Gasteiger partial charge in [0.1, 0.15) is 0 Å². The highest BCUT2D eigenvalue weighted by atomic mass is 16.4. The molecule has 0 bridgehead atoms. The number of hydrogen-bond acceptors (Lipinski definition) is 6. The summed E-state index contributed by atoms with van der Waals surface area (Å²) in [5.74, 6) is -2.86. The monoisotopic (exact) mass is 360 g/mol. The average Bonchev–Trinajstić information content (AvgIpc) is 2.65. The Labute approximate surface area is 150 Å². The van der Waals surface area contributed by atoms with Crippen LogP contribution in [-0.4, -0.2) is 57.9 Å². The summed E-state index contributed by atoms with van der Waals surface area (Å²) < 4.78 is 0. The molecule has 0 aliphatic rings. The van der Waals surface area contributed by atoms with E-state index in [9.17, 15) is 19.8 Å². The van der Waals surface area contributed by atoms with Crippen molar-refractivity contribution in [3.63, 3.8) is 0 Å². The van der Waals surface area contributed by atoms with Crippen LogP contribution in [0.4, 0.5) is 11.4 Å². The van der Waals surface area contributed by atoms with Crippen molar-refractivity contribution in [2.45, 2.75) is 12.5 Å². The molecule has 2 atom stereocenters.